The third kappa shape index (κ3) is 7.70. The molecular formula is C47H58F4N6OSi. The molecule has 0 unspecified atom stereocenters. The number of fused-ring (bicyclic) bond motifs is 3. The smallest absolute Gasteiger partial charge is 0.319 e. The van der Waals surface area contributed by atoms with Crippen molar-refractivity contribution in [1.82, 2.24) is 19.8 Å². The van der Waals surface area contributed by atoms with Crippen molar-refractivity contribution in [2.24, 2.45) is 0 Å². The van der Waals surface area contributed by atoms with E-state index in [1.54, 1.807) is 24.3 Å². The molecule has 314 valence electrons. The van der Waals surface area contributed by atoms with Crippen LogP contribution in [0.2, 0.25) is 16.6 Å². The fourth-order valence-electron chi connectivity index (χ4n) is 10.9. The summed E-state index contributed by atoms with van der Waals surface area (Å²) in [6.07, 6.45) is 1.31. The zero-order chi connectivity index (χ0) is 42.6. The monoisotopic (exact) mass is 826 g/mol. The van der Waals surface area contributed by atoms with E-state index in [1.807, 2.05) is 4.90 Å². The number of aromatic nitrogens is 2. The minimum absolute atomic E-state index is 0.0875. The third-order valence-corrected chi connectivity index (χ3v) is 19.9. The average molecular weight is 827 g/mol. The molecule has 3 aliphatic rings. The van der Waals surface area contributed by atoms with Gasteiger partial charge in [0.2, 0.25) is 0 Å². The van der Waals surface area contributed by atoms with Crippen LogP contribution in [0.1, 0.15) is 93.6 Å². The number of nitrogens with zero attached hydrogens (tertiary/aromatic N) is 6. The SMILES string of the molecule is CC(C)[Si](C#Cc1c(F)ccc2cccc(-c3c(F)cc4c(N5CCN(C(C)(C)C)[C@@H](CC#N)C5)nc(OC[C@@]56CCCN5C[C@H](F)C6)nc4c3F)c12)(C(C)C)C(C)C. The average Bonchev–Trinajstić information content (AvgIpc) is 3.69. The van der Waals surface area contributed by atoms with Gasteiger partial charge in [0, 0.05) is 55.0 Å². The highest BCUT2D eigenvalue weighted by molar-refractivity contribution is 6.90. The van der Waals surface area contributed by atoms with Gasteiger partial charge in [-0.2, -0.15) is 15.2 Å². The van der Waals surface area contributed by atoms with Crippen LogP contribution in [0.25, 0.3) is 32.8 Å². The number of anilines is 1. The lowest BCUT2D eigenvalue weighted by molar-refractivity contribution is 0.0725. The summed E-state index contributed by atoms with van der Waals surface area (Å²) in [4.78, 5) is 15.8. The van der Waals surface area contributed by atoms with Crippen molar-refractivity contribution in [3.63, 3.8) is 0 Å². The minimum Gasteiger partial charge on any atom is -0.461 e. The molecule has 4 heterocycles. The molecule has 7 nitrogen and oxygen atoms in total. The molecule has 3 aromatic carbocycles. The summed E-state index contributed by atoms with van der Waals surface area (Å²) in [5.74, 6) is 1.24. The first-order valence-electron chi connectivity index (χ1n) is 21.3. The summed E-state index contributed by atoms with van der Waals surface area (Å²) in [6.45, 7) is 22.1. The Hall–Kier alpha value is -4.23. The van der Waals surface area contributed by atoms with Crippen molar-refractivity contribution in [3.05, 3.63) is 59.4 Å². The Labute approximate surface area is 348 Å². The highest BCUT2D eigenvalue weighted by atomic mass is 28.3. The topological polar surface area (TPSA) is 68.5 Å². The lowest BCUT2D eigenvalue weighted by Crippen LogP contribution is -2.59. The number of piperazine rings is 1. The van der Waals surface area contributed by atoms with Crippen LogP contribution in [-0.2, 0) is 0 Å². The standard InChI is InChI=1S/C47H58F4N6OSi/c1-29(2)59(30(3)4,31(5)6)23-17-35-38(49)15-14-32-12-10-13-36(40(32)35)41-39(50)24-37-43(42(41)51)53-45(58-28-47-18-11-20-56(47)26-33(48)25-47)54-44(37)55-21-22-57(46(7,8)9)34(27-55)16-19-52/h10,12-15,24,29-31,33-34H,11,16,18,20-22,25-28H2,1-9H3/t33-,34+,47+/m1/s1. The second-order valence-electron chi connectivity index (χ2n) is 18.9. The predicted molar refractivity (Wildman–Crippen MR) is 232 cm³/mol. The van der Waals surface area contributed by atoms with Crippen molar-refractivity contribution in [2.75, 3.05) is 44.2 Å². The van der Waals surface area contributed by atoms with E-state index >= 15 is 13.2 Å². The lowest BCUT2D eigenvalue weighted by Gasteiger charge is -2.47. The van der Waals surface area contributed by atoms with Crippen molar-refractivity contribution < 1.29 is 22.3 Å². The van der Waals surface area contributed by atoms with Crippen molar-refractivity contribution in [2.45, 2.75) is 128 Å². The molecule has 0 amide bonds. The van der Waals surface area contributed by atoms with Gasteiger partial charge in [-0.1, -0.05) is 71.7 Å². The summed E-state index contributed by atoms with van der Waals surface area (Å²) in [6, 6.07) is 11.4. The van der Waals surface area contributed by atoms with Gasteiger partial charge in [-0.25, -0.2) is 17.6 Å². The van der Waals surface area contributed by atoms with Gasteiger partial charge in [0.15, 0.2) is 5.82 Å². The number of halogens is 4. The van der Waals surface area contributed by atoms with Crippen LogP contribution in [0.5, 0.6) is 6.01 Å². The summed E-state index contributed by atoms with van der Waals surface area (Å²) < 4.78 is 71.7. The van der Waals surface area contributed by atoms with Crippen molar-refractivity contribution in [1.29, 1.82) is 5.26 Å². The van der Waals surface area contributed by atoms with E-state index < -0.39 is 37.2 Å². The molecule has 0 saturated carbocycles. The fraction of sp³-hybridized carbons (Fsp3) is 0.553. The van der Waals surface area contributed by atoms with Gasteiger partial charge in [-0.3, -0.25) is 9.80 Å². The van der Waals surface area contributed by atoms with Gasteiger partial charge >= 0.3 is 6.01 Å². The van der Waals surface area contributed by atoms with E-state index in [2.05, 4.69) is 94.6 Å². The zero-order valence-corrected chi connectivity index (χ0v) is 37.0. The number of alkyl halides is 1. The first kappa shape index (κ1) is 42.9. The molecular weight excluding hydrogens is 769 g/mol. The van der Waals surface area contributed by atoms with E-state index in [1.165, 1.54) is 12.1 Å². The van der Waals surface area contributed by atoms with Crippen LogP contribution >= 0.6 is 0 Å². The molecule has 4 aromatic rings. The first-order chi connectivity index (χ1) is 27.9. The molecule has 3 aliphatic heterocycles. The number of rotatable bonds is 9. The summed E-state index contributed by atoms with van der Waals surface area (Å²) in [5, 5.41) is 10.9. The summed E-state index contributed by atoms with van der Waals surface area (Å²) in [7, 11) is -2.32. The molecule has 0 spiro atoms. The van der Waals surface area contributed by atoms with E-state index in [4.69, 9.17) is 9.72 Å². The second-order valence-corrected chi connectivity index (χ2v) is 24.5. The number of benzene rings is 3. The normalized spacial score (nSPS) is 21.8. The third-order valence-electron chi connectivity index (χ3n) is 13.6. The van der Waals surface area contributed by atoms with Crippen molar-refractivity contribution in [3.8, 4) is 34.7 Å². The van der Waals surface area contributed by atoms with Crippen LogP contribution in [0.3, 0.4) is 0 Å². The second kappa shape index (κ2) is 16.3. The number of hydrogen-bond acceptors (Lipinski definition) is 7. The van der Waals surface area contributed by atoms with E-state index in [0.717, 1.165) is 19.4 Å². The molecule has 0 radical (unpaired) electrons. The molecule has 3 fully saturated rings. The maximum atomic E-state index is 17.6. The Kier molecular flexibility index (Phi) is 11.9. The fourth-order valence-corrected chi connectivity index (χ4v) is 16.1. The van der Waals surface area contributed by atoms with Crippen molar-refractivity contribution >= 4 is 35.6 Å². The van der Waals surface area contributed by atoms with Crippen LogP contribution in [0.15, 0.2) is 36.4 Å². The Morgan fingerprint density at radius 1 is 0.949 bits per heavy atom. The summed E-state index contributed by atoms with van der Waals surface area (Å²) in [5.41, 5.74) is 3.58. The Balaban J connectivity index is 1.41. The summed E-state index contributed by atoms with van der Waals surface area (Å²) >= 11 is 0. The zero-order valence-electron chi connectivity index (χ0n) is 36.0. The highest BCUT2D eigenvalue weighted by Gasteiger charge is 2.49. The Bertz CT molecular complexity index is 2320. The van der Waals surface area contributed by atoms with E-state index in [9.17, 15) is 9.65 Å². The highest BCUT2D eigenvalue weighted by Crippen LogP contribution is 2.44. The predicted octanol–water partition coefficient (Wildman–Crippen LogP) is 10.6. The number of hydrogen-bond donors (Lipinski definition) is 0. The van der Waals surface area contributed by atoms with Gasteiger partial charge in [-0.05, 0) is 79.9 Å². The maximum Gasteiger partial charge on any atom is 0.319 e. The number of ether oxygens (including phenoxy) is 1. The van der Waals surface area contributed by atoms with Crippen LogP contribution in [0, 0.1) is 40.2 Å². The molecule has 3 saturated heterocycles. The van der Waals surface area contributed by atoms with Crippen LogP contribution < -0.4 is 9.64 Å². The van der Waals surface area contributed by atoms with E-state index in [0.29, 0.717) is 65.8 Å². The molecule has 0 aliphatic carbocycles. The molecule has 0 bridgehead atoms. The van der Waals surface area contributed by atoms with Crippen LogP contribution in [0.4, 0.5) is 23.4 Å². The molecule has 3 atom stereocenters. The largest absolute Gasteiger partial charge is 0.461 e. The van der Waals surface area contributed by atoms with Gasteiger partial charge in [0.25, 0.3) is 0 Å². The molecule has 12 heteroatoms. The van der Waals surface area contributed by atoms with Gasteiger partial charge < -0.3 is 9.64 Å². The quantitative estimate of drug-likeness (QED) is 0.0946. The minimum atomic E-state index is -2.32. The lowest BCUT2D eigenvalue weighted by atomic mass is 9.93. The molecule has 0 N–H and O–H groups in total. The van der Waals surface area contributed by atoms with E-state index in [-0.39, 0.29) is 58.2 Å². The first-order valence-corrected chi connectivity index (χ1v) is 23.5. The Morgan fingerprint density at radius 3 is 2.36 bits per heavy atom. The molecule has 1 aromatic heterocycles. The molecule has 7 rings (SSSR count). The van der Waals surface area contributed by atoms with Gasteiger partial charge in [0.05, 0.1) is 29.2 Å². The van der Waals surface area contributed by atoms with Crippen LogP contribution in [-0.4, -0.2) is 90.5 Å². The molecule has 59 heavy (non-hydrogen) atoms. The number of nitriles is 1. The Morgan fingerprint density at radius 2 is 1.68 bits per heavy atom. The maximum absolute atomic E-state index is 17.6. The van der Waals surface area contributed by atoms with Gasteiger partial charge in [0.1, 0.15) is 43.8 Å². The van der Waals surface area contributed by atoms with Gasteiger partial charge in [-0.15, -0.1) is 5.54 Å².